The number of carbonyl (C=O) groups excluding carboxylic acids is 2. The SMILES string of the molecule is COc1cc(-c2cc(C(=O)N3CC[C@H](C(=O)NC4CCN(C5COC5)CC4)CC34CC4)n[nH]2)c(F)cn1. The van der Waals surface area contributed by atoms with Gasteiger partial charge in [-0.25, -0.2) is 9.37 Å². The molecule has 2 aromatic heterocycles. The third kappa shape index (κ3) is 4.70. The predicted molar refractivity (Wildman–Crippen MR) is 131 cm³/mol. The Labute approximate surface area is 214 Å². The van der Waals surface area contributed by atoms with Gasteiger partial charge < -0.3 is 19.7 Å². The lowest BCUT2D eigenvalue weighted by atomic mass is 9.87. The molecule has 0 radical (unpaired) electrons. The molecule has 1 aliphatic carbocycles. The van der Waals surface area contributed by atoms with Crippen LogP contribution in [0.1, 0.15) is 49.0 Å². The van der Waals surface area contributed by atoms with Crippen LogP contribution in [-0.4, -0.2) is 94.4 Å². The number of aromatic amines is 1. The molecule has 2 aromatic rings. The van der Waals surface area contributed by atoms with Crippen LogP contribution in [0.2, 0.25) is 0 Å². The minimum absolute atomic E-state index is 0.0854. The van der Waals surface area contributed by atoms with Crippen molar-refractivity contribution < 1.29 is 23.5 Å². The van der Waals surface area contributed by atoms with Crippen LogP contribution in [0.5, 0.6) is 5.88 Å². The Morgan fingerprint density at radius 2 is 1.97 bits per heavy atom. The second-order valence-corrected chi connectivity index (χ2v) is 10.8. The van der Waals surface area contributed by atoms with Gasteiger partial charge in [0.1, 0.15) is 0 Å². The smallest absolute Gasteiger partial charge is 0.274 e. The molecule has 3 aliphatic heterocycles. The molecule has 10 nitrogen and oxygen atoms in total. The number of H-pyrrole nitrogens is 1. The summed E-state index contributed by atoms with van der Waals surface area (Å²) < 4.78 is 24.7. The second-order valence-electron chi connectivity index (χ2n) is 10.8. The van der Waals surface area contributed by atoms with Crippen molar-refractivity contribution in [2.45, 2.75) is 56.1 Å². The fourth-order valence-electron chi connectivity index (χ4n) is 5.96. The van der Waals surface area contributed by atoms with Gasteiger partial charge in [0.05, 0.1) is 38.3 Å². The van der Waals surface area contributed by atoms with Crippen molar-refractivity contribution in [2.75, 3.05) is 40.0 Å². The highest BCUT2D eigenvalue weighted by Gasteiger charge is 2.54. The zero-order valence-electron chi connectivity index (χ0n) is 21.0. The number of carbonyl (C=O) groups is 2. The molecule has 11 heteroatoms. The normalized spacial score (nSPS) is 24.1. The maximum atomic E-state index is 14.3. The minimum Gasteiger partial charge on any atom is -0.481 e. The lowest BCUT2D eigenvalue weighted by Crippen LogP contribution is -2.55. The number of rotatable bonds is 6. The quantitative estimate of drug-likeness (QED) is 0.609. The molecule has 5 heterocycles. The molecule has 0 bridgehead atoms. The first kappa shape index (κ1) is 24.3. The summed E-state index contributed by atoms with van der Waals surface area (Å²) in [7, 11) is 1.46. The average molecular weight is 513 g/mol. The van der Waals surface area contributed by atoms with Gasteiger partial charge in [-0.3, -0.25) is 19.6 Å². The lowest BCUT2D eigenvalue weighted by Gasteiger charge is -2.42. The maximum Gasteiger partial charge on any atom is 0.274 e. The van der Waals surface area contributed by atoms with Crippen LogP contribution in [0.3, 0.4) is 0 Å². The van der Waals surface area contributed by atoms with Gasteiger partial charge >= 0.3 is 0 Å². The standard InChI is InChI=1S/C26H33FN6O4/c1-36-23-10-19(20(27)13-28-23)21-11-22(31-30-21)25(35)33-9-2-16(12-26(33)5-6-26)24(34)29-17-3-7-32(8-4-17)18-14-37-15-18/h10-11,13,16-18H,2-9,12,14-15H2,1H3,(H,29,34)(H,30,31)/t16-/m0/s1. The maximum absolute atomic E-state index is 14.3. The van der Waals surface area contributed by atoms with Crippen LogP contribution in [0.25, 0.3) is 11.3 Å². The fraction of sp³-hybridized carbons (Fsp3) is 0.615. The van der Waals surface area contributed by atoms with Crippen LogP contribution in [-0.2, 0) is 9.53 Å². The summed E-state index contributed by atoms with van der Waals surface area (Å²) in [4.78, 5) is 34.8. The molecule has 2 N–H and O–H groups in total. The monoisotopic (exact) mass is 512 g/mol. The Kier molecular flexibility index (Phi) is 6.36. The number of piperidine rings is 2. The highest BCUT2D eigenvalue weighted by Crippen LogP contribution is 2.50. The van der Waals surface area contributed by atoms with Crippen molar-refractivity contribution in [3.05, 3.63) is 29.8 Å². The molecular formula is C26H33FN6O4. The summed E-state index contributed by atoms with van der Waals surface area (Å²) in [6.07, 6.45) is 6.10. The minimum atomic E-state index is -0.531. The highest BCUT2D eigenvalue weighted by molar-refractivity contribution is 5.94. The highest BCUT2D eigenvalue weighted by atomic mass is 19.1. The number of methoxy groups -OCH3 is 1. The molecule has 1 atom stereocenters. The molecule has 4 fully saturated rings. The van der Waals surface area contributed by atoms with Gasteiger partial charge in [-0.1, -0.05) is 0 Å². The van der Waals surface area contributed by atoms with Gasteiger partial charge in [0, 0.05) is 48.8 Å². The zero-order valence-corrected chi connectivity index (χ0v) is 21.0. The van der Waals surface area contributed by atoms with E-state index in [4.69, 9.17) is 9.47 Å². The van der Waals surface area contributed by atoms with E-state index in [1.807, 2.05) is 4.90 Å². The molecule has 2 amide bonds. The van der Waals surface area contributed by atoms with E-state index in [-0.39, 0.29) is 46.5 Å². The molecule has 4 aliphatic rings. The van der Waals surface area contributed by atoms with Crippen molar-refractivity contribution in [2.24, 2.45) is 5.92 Å². The van der Waals surface area contributed by atoms with E-state index in [1.54, 1.807) is 6.07 Å². The summed E-state index contributed by atoms with van der Waals surface area (Å²) in [5, 5.41) is 10.3. The third-order valence-corrected chi connectivity index (χ3v) is 8.48. The summed E-state index contributed by atoms with van der Waals surface area (Å²) in [6, 6.07) is 3.80. The van der Waals surface area contributed by atoms with E-state index in [2.05, 4.69) is 25.4 Å². The molecule has 198 valence electrons. The van der Waals surface area contributed by atoms with E-state index in [0.29, 0.717) is 31.1 Å². The molecule has 1 saturated carbocycles. The average Bonchev–Trinajstić information content (AvgIpc) is 3.45. The van der Waals surface area contributed by atoms with E-state index in [1.165, 1.54) is 13.2 Å². The predicted octanol–water partition coefficient (Wildman–Crippen LogP) is 1.98. The Hall–Kier alpha value is -3.05. The van der Waals surface area contributed by atoms with E-state index in [9.17, 15) is 14.0 Å². The molecule has 37 heavy (non-hydrogen) atoms. The van der Waals surface area contributed by atoms with Gasteiger partial charge in [0.25, 0.3) is 5.91 Å². The third-order valence-electron chi connectivity index (χ3n) is 8.48. The molecular weight excluding hydrogens is 479 g/mol. The van der Waals surface area contributed by atoms with Crippen LogP contribution in [0, 0.1) is 11.7 Å². The van der Waals surface area contributed by atoms with E-state index >= 15 is 0 Å². The van der Waals surface area contributed by atoms with Crippen molar-refractivity contribution in [1.29, 1.82) is 0 Å². The van der Waals surface area contributed by atoms with Crippen molar-refractivity contribution in [3.8, 4) is 17.1 Å². The Morgan fingerprint density at radius 3 is 2.65 bits per heavy atom. The molecule has 3 saturated heterocycles. The first-order valence-corrected chi connectivity index (χ1v) is 13.2. The number of amides is 2. The van der Waals surface area contributed by atoms with Crippen LogP contribution in [0.4, 0.5) is 4.39 Å². The molecule has 0 unspecified atom stereocenters. The summed E-state index contributed by atoms with van der Waals surface area (Å²) in [6.45, 7) is 4.16. The number of aromatic nitrogens is 3. The number of ether oxygens (including phenoxy) is 2. The topological polar surface area (TPSA) is 113 Å². The summed E-state index contributed by atoms with van der Waals surface area (Å²) in [5.41, 5.74) is 0.580. The molecule has 1 spiro atoms. The number of likely N-dealkylation sites (tertiary alicyclic amines) is 2. The first-order valence-electron chi connectivity index (χ1n) is 13.2. The van der Waals surface area contributed by atoms with Crippen LogP contribution in [0.15, 0.2) is 18.3 Å². The van der Waals surface area contributed by atoms with E-state index < -0.39 is 5.82 Å². The van der Waals surface area contributed by atoms with Gasteiger partial charge in [-0.2, -0.15) is 5.10 Å². The van der Waals surface area contributed by atoms with Crippen LogP contribution < -0.4 is 10.1 Å². The number of hydrogen-bond acceptors (Lipinski definition) is 7. The van der Waals surface area contributed by atoms with Gasteiger partial charge in [0.2, 0.25) is 11.8 Å². The zero-order chi connectivity index (χ0) is 25.6. The Balaban J connectivity index is 1.07. The molecule has 0 aromatic carbocycles. The largest absolute Gasteiger partial charge is 0.481 e. The van der Waals surface area contributed by atoms with Crippen molar-refractivity contribution in [1.82, 2.24) is 30.3 Å². The van der Waals surface area contributed by atoms with Gasteiger partial charge in [0.15, 0.2) is 11.5 Å². The summed E-state index contributed by atoms with van der Waals surface area (Å²) in [5.74, 6) is -0.412. The number of nitrogens with one attached hydrogen (secondary N) is 2. The fourth-order valence-corrected chi connectivity index (χ4v) is 5.96. The number of pyridine rings is 1. The molecule has 6 rings (SSSR count). The number of nitrogens with zero attached hydrogens (tertiary/aromatic N) is 4. The van der Waals surface area contributed by atoms with Gasteiger partial charge in [-0.05, 0) is 44.6 Å². The number of halogens is 1. The van der Waals surface area contributed by atoms with Crippen LogP contribution >= 0.6 is 0 Å². The Morgan fingerprint density at radius 1 is 1.19 bits per heavy atom. The lowest BCUT2D eigenvalue weighted by molar-refractivity contribution is -0.128. The summed E-state index contributed by atoms with van der Waals surface area (Å²) >= 11 is 0. The first-order chi connectivity index (χ1) is 18.0. The Bertz CT molecular complexity index is 1170. The van der Waals surface area contributed by atoms with Crippen molar-refractivity contribution >= 4 is 11.8 Å². The van der Waals surface area contributed by atoms with Gasteiger partial charge in [-0.15, -0.1) is 0 Å². The van der Waals surface area contributed by atoms with Crippen molar-refractivity contribution in [3.63, 3.8) is 0 Å². The number of hydrogen-bond donors (Lipinski definition) is 2. The second kappa shape index (κ2) is 9.68. The van der Waals surface area contributed by atoms with E-state index in [0.717, 1.165) is 58.2 Å².